The first kappa shape index (κ1) is 15.2. The zero-order valence-electron chi connectivity index (χ0n) is 13.4. The summed E-state index contributed by atoms with van der Waals surface area (Å²) in [6.45, 7) is 2.92. The summed E-state index contributed by atoms with van der Waals surface area (Å²) in [6.07, 6.45) is 5.30. The van der Waals surface area contributed by atoms with Crippen LogP contribution in [0, 0.1) is 0 Å². The van der Waals surface area contributed by atoms with Crippen LogP contribution in [-0.4, -0.2) is 42.7 Å². The number of nitrogens with zero attached hydrogens (tertiary/aromatic N) is 4. The predicted molar refractivity (Wildman–Crippen MR) is 95.1 cm³/mol. The van der Waals surface area contributed by atoms with Gasteiger partial charge in [0, 0.05) is 36.1 Å². The highest BCUT2D eigenvalue weighted by Gasteiger charge is 2.34. The standard InChI is InChI=1S/C18H18N4OS/c1-13-16(14-6-3-2-4-7-14)22(10-11-24-13)17(23)15-12-21-9-5-8-19-18(21)20-15/h2-9,12-13,16H,10-11H2,1H3. The van der Waals surface area contributed by atoms with E-state index in [2.05, 4.69) is 29.0 Å². The Morgan fingerprint density at radius 2 is 2.08 bits per heavy atom. The summed E-state index contributed by atoms with van der Waals surface area (Å²) in [4.78, 5) is 23.7. The Morgan fingerprint density at radius 1 is 1.25 bits per heavy atom. The fourth-order valence-corrected chi connectivity index (χ4v) is 4.39. The average molecular weight is 338 g/mol. The normalized spacial score (nSPS) is 21.1. The first-order valence-corrected chi connectivity index (χ1v) is 9.06. The lowest BCUT2D eigenvalue weighted by Gasteiger charge is -2.39. The van der Waals surface area contributed by atoms with Crippen LogP contribution in [0.5, 0.6) is 0 Å². The van der Waals surface area contributed by atoms with Crippen LogP contribution in [0.25, 0.3) is 5.78 Å². The topological polar surface area (TPSA) is 50.5 Å². The van der Waals surface area contributed by atoms with Gasteiger partial charge in [-0.25, -0.2) is 9.97 Å². The van der Waals surface area contributed by atoms with Crippen LogP contribution < -0.4 is 0 Å². The molecule has 3 aromatic rings. The average Bonchev–Trinajstić information content (AvgIpc) is 3.06. The number of rotatable bonds is 2. The van der Waals surface area contributed by atoms with E-state index in [-0.39, 0.29) is 11.9 Å². The molecule has 0 spiro atoms. The van der Waals surface area contributed by atoms with Crippen LogP contribution in [0.1, 0.15) is 29.0 Å². The number of thioether (sulfide) groups is 1. The number of aromatic nitrogens is 3. The molecule has 0 bridgehead atoms. The molecule has 1 amide bonds. The molecule has 0 radical (unpaired) electrons. The van der Waals surface area contributed by atoms with E-state index in [9.17, 15) is 4.79 Å². The van der Waals surface area contributed by atoms with Gasteiger partial charge in [-0.15, -0.1) is 0 Å². The molecule has 0 saturated carbocycles. The van der Waals surface area contributed by atoms with Gasteiger partial charge in [-0.1, -0.05) is 37.3 Å². The molecule has 2 unspecified atom stereocenters. The predicted octanol–water partition coefficient (Wildman–Crippen LogP) is 3.05. The summed E-state index contributed by atoms with van der Waals surface area (Å²) in [6, 6.07) is 12.1. The second-order valence-corrected chi connectivity index (χ2v) is 7.37. The van der Waals surface area contributed by atoms with E-state index in [0.29, 0.717) is 16.7 Å². The Balaban J connectivity index is 1.70. The summed E-state index contributed by atoms with van der Waals surface area (Å²) in [5, 5.41) is 0.347. The van der Waals surface area contributed by atoms with Crippen LogP contribution >= 0.6 is 11.8 Å². The molecule has 1 fully saturated rings. The maximum absolute atomic E-state index is 13.1. The molecular weight excluding hydrogens is 320 g/mol. The number of carbonyl (C=O) groups excluding carboxylic acids is 1. The molecule has 1 aliphatic heterocycles. The summed E-state index contributed by atoms with van der Waals surface area (Å²) >= 11 is 1.91. The van der Waals surface area contributed by atoms with Crippen molar-refractivity contribution in [3.8, 4) is 0 Å². The number of benzene rings is 1. The van der Waals surface area contributed by atoms with Crippen molar-refractivity contribution in [2.24, 2.45) is 0 Å². The molecule has 4 rings (SSSR count). The third kappa shape index (κ3) is 2.67. The molecule has 0 N–H and O–H groups in total. The van der Waals surface area contributed by atoms with Crippen molar-refractivity contribution in [2.75, 3.05) is 12.3 Å². The number of carbonyl (C=O) groups is 1. The zero-order valence-corrected chi connectivity index (χ0v) is 14.2. The molecule has 1 aromatic carbocycles. The Morgan fingerprint density at radius 3 is 2.88 bits per heavy atom. The molecule has 5 nitrogen and oxygen atoms in total. The van der Waals surface area contributed by atoms with E-state index < -0.39 is 0 Å². The third-order valence-electron chi connectivity index (χ3n) is 4.35. The van der Waals surface area contributed by atoms with Crippen LogP contribution in [0.15, 0.2) is 55.0 Å². The molecule has 1 saturated heterocycles. The van der Waals surface area contributed by atoms with Crippen LogP contribution in [0.2, 0.25) is 0 Å². The first-order valence-electron chi connectivity index (χ1n) is 8.01. The summed E-state index contributed by atoms with van der Waals surface area (Å²) < 4.78 is 1.78. The van der Waals surface area contributed by atoms with Crippen molar-refractivity contribution in [1.82, 2.24) is 19.3 Å². The fraction of sp³-hybridized carbons (Fsp3) is 0.278. The number of fused-ring (bicyclic) bond motifs is 1. The monoisotopic (exact) mass is 338 g/mol. The lowest BCUT2D eigenvalue weighted by Crippen LogP contribution is -2.44. The largest absolute Gasteiger partial charge is 0.328 e. The second-order valence-electron chi connectivity index (χ2n) is 5.88. The summed E-state index contributed by atoms with van der Waals surface area (Å²) in [5.74, 6) is 1.47. The molecule has 24 heavy (non-hydrogen) atoms. The van der Waals surface area contributed by atoms with Crippen molar-refractivity contribution in [3.63, 3.8) is 0 Å². The van der Waals surface area contributed by atoms with Gasteiger partial charge in [0.25, 0.3) is 5.91 Å². The van der Waals surface area contributed by atoms with E-state index >= 15 is 0 Å². The van der Waals surface area contributed by atoms with Gasteiger partial charge in [0.15, 0.2) is 0 Å². The number of hydrogen-bond acceptors (Lipinski definition) is 4. The number of amides is 1. The fourth-order valence-electron chi connectivity index (χ4n) is 3.23. The smallest absolute Gasteiger partial charge is 0.274 e. The lowest BCUT2D eigenvalue weighted by molar-refractivity contribution is 0.0675. The lowest BCUT2D eigenvalue weighted by atomic mass is 10.0. The van der Waals surface area contributed by atoms with E-state index in [1.54, 1.807) is 16.8 Å². The molecule has 3 heterocycles. The minimum atomic E-state index is -0.0264. The van der Waals surface area contributed by atoms with E-state index in [1.807, 2.05) is 47.1 Å². The van der Waals surface area contributed by atoms with Gasteiger partial charge in [-0.2, -0.15) is 11.8 Å². The number of imidazole rings is 1. The zero-order chi connectivity index (χ0) is 16.5. The molecular formula is C18H18N4OS. The Hall–Kier alpha value is -2.34. The minimum Gasteiger partial charge on any atom is -0.328 e. The second kappa shape index (κ2) is 6.28. The maximum atomic E-state index is 13.1. The van der Waals surface area contributed by atoms with Crippen molar-refractivity contribution >= 4 is 23.4 Å². The Bertz CT molecular complexity index is 831. The van der Waals surface area contributed by atoms with Crippen molar-refractivity contribution in [2.45, 2.75) is 18.2 Å². The SMILES string of the molecule is CC1SCCN(C(=O)c2cn3cccnc3n2)C1c1ccccc1. The maximum Gasteiger partial charge on any atom is 0.274 e. The van der Waals surface area contributed by atoms with Crippen LogP contribution in [0.4, 0.5) is 0 Å². The van der Waals surface area contributed by atoms with E-state index in [1.165, 1.54) is 5.56 Å². The van der Waals surface area contributed by atoms with Gasteiger partial charge in [-0.05, 0) is 11.6 Å². The third-order valence-corrected chi connectivity index (χ3v) is 5.55. The van der Waals surface area contributed by atoms with Crippen LogP contribution in [0.3, 0.4) is 0 Å². The van der Waals surface area contributed by atoms with Crippen LogP contribution in [-0.2, 0) is 0 Å². The van der Waals surface area contributed by atoms with Gasteiger partial charge in [0.05, 0.1) is 6.04 Å². The highest BCUT2D eigenvalue weighted by molar-refractivity contribution is 8.00. The van der Waals surface area contributed by atoms with Gasteiger partial charge < -0.3 is 4.90 Å². The first-order chi connectivity index (χ1) is 11.7. The highest BCUT2D eigenvalue weighted by Crippen LogP contribution is 2.36. The molecule has 2 aromatic heterocycles. The Kier molecular flexibility index (Phi) is 3.98. The van der Waals surface area contributed by atoms with Crippen molar-refractivity contribution in [3.05, 3.63) is 66.2 Å². The van der Waals surface area contributed by atoms with Crippen molar-refractivity contribution in [1.29, 1.82) is 0 Å². The molecule has 122 valence electrons. The van der Waals surface area contributed by atoms with Gasteiger partial charge in [-0.3, -0.25) is 9.20 Å². The summed E-state index contributed by atoms with van der Waals surface area (Å²) in [7, 11) is 0. The minimum absolute atomic E-state index is 0.0264. The van der Waals surface area contributed by atoms with Gasteiger partial charge in [0.2, 0.25) is 5.78 Å². The van der Waals surface area contributed by atoms with E-state index in [0.717, 1.165) is 12.3 Å². The van der Waals surface area contributed by atoms with Gasteiger partial charge >= 0.3 is 0 Å². The summed E-state index contributed by atoms with van der Waals surface area (Å²) in [5.41, 5.74) is 1.63. The molecule has 2 atom stereocenters. The van der Waals surface area contributed by atoms with Crippen molar-refractivity contribution < 1.29 is 4.79 Å². The Labute approximate surface area is 144 Å². The van der Waals surface area contributed by atoms with Gasteiger partial charge in [0.1, 0.15) is 5.69 Å². The molecule has 1 aliphatic rings. The highest BCUT2D eigenvalue weighted by atomic mass is 32.2. The quantitative estimate of drug-likeness (QED) is 0.721. The molecule has 0 aliphatic carbocycles. The number of hydrogen-bond donors (Lipinski definition) is 0. The molecule has 6 heteroatoms. The van der Waals surface area contributed by atoms with E-state index in [4.69, 9.17) is 0 Å².